The third-order valence-electron chi connectivity index (χ3n) is 5.85. The quantitative estimate of drug-likeness (QED) is 0.422. The normalized spacial score (nSPS) is 13.4. The monoisotopic (exact) mass is 508 g/mol. The SMILES string of the molecule is CCC(C)C(NC(=O)OC(C)(C)C)C(=O)N(CC#N)C(C(=O)Nc1ccccc1C)c1ccc(O)cc1. The van der Waals surface area contributed by atoms with Gasteiger partial charge in [-0.2, -0.15) is 5.26 Å². The Morgan fingerprint density at radius 1 is 1.11 bits per heavy atom. The van der Waals surface area contributed by atoms with Gasteiger partial charge in [-0.05, 0) is 62.9 Å². The van der Waals surface area contributed by atoms with Gasteiger partial charge < -0.3 is 25.4 Å². The molecule has 198 valence electrons. The number of benzene rings is 2. The Labute approximate surface area is 218 Å². The Morgan fingerprint density at radius 2 is 1.73 bits per heavy atom. The Morgan fingerprint density at radius 3 is 2.27 bits per heavy atom. The predicted octanol–water partition coefficient (Wildman–Crippen LogP) is 4.67. The molecule has 2 aromatic rings. The zero-order valence-electron chi connectivity index (χ0n) is 22.2. The topological polar surface area (TPSA) is 132 Å². The average molecular weight is 509 g/mol. The van der Waals surface area contributed by atoms with Crippen molar-refractivity contribution in [3.05, 3.63) is 59.7 Å². The molecule has 3 atom stereocenters. The van der Waals surface area contributed by atoms with Crippen molar-refractivity contribution < 1.29 is 24.2 Å². The minimum Gasteiger partial charge on any atom is -0.508 e. The lowest BCUT2D eigenvalue weighted by molar-refractivity contribution is -0.141. The molecule has 0 aliphatic rings. The zero-order valence-corrected chi connectivity index (χ0v) is 22.2. The van der Waals surface area contributed by atoms with Crippen LogP contribution in [0, 0.1) is 24.2 Å². The van der Waals surface area contributed by atoms with Crippen LogP contribution in [0.3, 0.4) is 0 Å². The molecule has 0 heterocycles. The second-order valence-corrected chi connectivity index (χ2v) is 9.93. The van der Waals surface area contributed by atoms with E-state index in [1.807, 2.05) is 32.0 Å². The van der Waals surface area contributed by atoms with Crippen molar-refractivity contribution in [3.8, 4) is 11.8 Å². The number of amides is 3. The molecular weight excluding hydrogens is 472 g/mol. The molecule has 0 saturated carbocycles. The summed E-state index contributed by atoms with van der Waals surface area (Å²) in [5.74, 6) is -1.46. The molecule has 0 aliphatic heterocycles. The second-order valence-electron chi connectivity index (χ2n) is 9.93. The Bertz CT molecular complexity index is 1130. The number of nitriles is 1. The molecule has 37 heavy (non-hydrogen) atoms. The number of ether oxygens (including phenoxy) is 1. The maximum absolute atomic E-state index is 13.9. The summed E-state index contributed by atoms with van der Waals surface area (Å²) in [6, 6.07) is 12.8. The molecule has 0 aromatic heterocycles. The van der Waals surface area contributed by atoms with Gasteiger partial charge in [-0.3, -0.25) is 9.59 Å². The number of carbonyl (C=O) groups is 3. The Kier molecular flexibility index (Phi) is 10.1. The first-order valence-electron chi connectivity index (χ1n) is 12.2. The molecule has 3 amide bonds. The van der Waals surface area contributed by atoms with Gasteiger partial charge in [0, 0.05) is 5.69 Å². The van der Waals surface area contributed by atoms with E-state index in [4.69, 9.17) is 4.74 Å². The van der Waals surface area contributed by atoms with Crippen LogP contribution in [-0.2, 0) is 14.3 Å². The lowest BCUT2D eigenvalue weighted by Gasteiger charge is -2.34. The number of alkyl carbamates (subject to hydrolysis) is 1. The van der Waals surface area contributed by atoms with Gasteiger partial charge in [0.25, 0.3) is 5.91 Å². The third-order valence-corrected chi connectivity index (χ3v) is 5.85. The number of nitrogens with one attached hydrogen (secondary N) is 2. The van der Waals surface area contributed by atoms with Crippen molar-refractivity contribution in [1.82, 2.24) is 10.2 Å². The van der Waals surface area contributed by atoms with Crippen molar-refractivity contribution in [3.63, 3.8) is 0 Å². The number of aryl methyl sites for hydroxylation is 1. The van der Waals surface area contributed by atoms with Crippen LogP contribution >= 0.6 is 0 Å². The molecule has 3 N–H and O–H groups in total. The van der Waals surface area contributed by atoms with Crippen LogP contribution in [0.15, 0.2) is 48.5 Å². The molecule has 0 fully saturated rings. The van der Waals surface area contributed by atoms with Crippen molar-refractivity contribution in [2.75, 3.05) is 11.9 Å². The van der Waals surface area contributed by atoms with E-state index in [1.165, 1.54) is 24.3 Å². The van der Waals surface area contributed by atoms with Crippen LogP contribution in [0.1, 0.15) is 58.2 Å². The number of phenols is 1. The van der Waals surface area contributed by atoms with Crippen LogP contribution < -0.4 is 10.6 Å². The number of nitrogens with zero attached hydrogens (tertiary/aromatic N) is 2. The molecule has 9 heteroatoms. The number of rotatable bonds is 9. The molecule has 0 aliphatic carbocycles. The summed E-state index contributed by atoms with van der Waals surface area (Å²) in [4.78, 5) is 41.3. The van der Waals surface area contributed by atoms with Crippen LogP contribution in [0.5, 0.6) is 5.75 Å². The van der Waals surface area contributed by atoms with Crippen molar-refractivity contribution in [2.45, 2.75) is 65.6 Å². The fourth-order valence-electron chi connectivity index (χ4n) is 3.71. The molecule has 0 saturated heterocycles. The lowest BCUT2D eigenvalue weighted by atomic mass is 9.95. The Balaban J connectivity index is 2.52. The molecule has 2 aromatic carbocycles. The number of carbonyl (C=O) groups excluding carboxylic acids is 3. The summed E-state index contributed by atoms with van der Waals surface area (Å²) >= 11 is 0. The summed E-state index contributed by atoms with van der Waals surface area (Å²) in [5, 5.41) is 24.9. The van der Waals surface area contributed by atoms with Gasteiger partial charge in [-0.15, -0.1) is 0 Å². The Hall–Kier alpha value is -4.06. The maximum atomic E-state index is 13.9. The van der Waals surface area contributed by atoms with Crippen LogP contribution in [0.4, 0.5) is 10.5 Å². The fourth-order valence-corrected chi connectivity index (χ4v) is 3.71. The van der Waals surface area contributed by atoms with Crippen molar-refractivity contribution in [2.24, 2.45) is 5.92 Å². The summed E-state index contributed by atoms with van der Waals surface area (Å²) in [6.45, 7) is 10.2. The summed E-state index contributed by atoms with van der Waals surface area (Å²) in [5.41, 5.74) is 1.00. The van der Waals surface area contributed by atoms with E-state index in [-0.39, 0.29) is 11.7 Å². The van der Waals surface area contributed by atoms with E-state index in [9.17, 15) is 24.8 Å². The summed E-state index contributed by atoms with van der Waals surface area (Å²) in [6.07, 6.45) is -0.222. The number of para-hydroxylation sites is 1. The van der Waals surface area contributed by atoms with Crippen LogP contribution in [0.25, 0.3) is 0 Å². The number of hydrogen-bond donors (Lipinski definition) is 3. The smallest absolute Gasteiger partial charge is 0.408 e. The molecule has 0 spiro atoms. The van der Waals surface area contributed by atoms with Gasteiger partial charge in [0.1, 0.15) is 30.0 Å². The molecule has 2 rings (SSSR count). The van der Waals surface area contributed by atoms with Crippen LogP contribution in [0.2, 0.25) is 0 Å². The number of anilines is 1. The lowest BCUT2D eigenvalue weighted by Crippen LogP contribution is -2.54. The van der Waals surface area contributed by atoms with Gasteiger partial charge in [0.15, 0.2) is 0 Å². The molecule has 0 radical (unpaired) electrons. The highest BCUT2D eigenvalue weighted by atomic mass is 16.6. The van der Waals surface area contributed by atoms with Gasteiger partial charge in [-0.25, -0.2) is 4.79 Å². The molecule has 0 bridgehead atoms. The fraction of sp³-hybridized carbons (Fsp3) is 0.429. The maximum Gasteiger partial charge on any atom is 0.408 e. The average Bonchev–Trinajstić information content (AvgIpc) is 2.82. The van der Waals surface area contributed by atoms with Crippen molar-refractivity contribution >= 4 is 23.6 Å². The number of hydrogen-bond acceptors (Lipinski definition) is 6. The highest BCUT2D eigenvalue weighted by molar-refractivity contribution is 5.99. The van der Waals surface area contributed by atoms with E-state index < -0.39 is 42.1 Å². The van der Waals surface area contributed by atoms with E-state index in [0.29, 0.717) is 17.7 Å². The molecular formula is C28H36N4O5. The zero-order chi connectivity index (χ0) is 27.8. The van der Waals surface area contributed by atoms with E-state index in [2.05, 4.69) is 10.6 Å². The minimum atomic E-state index is -1.21. The highest BCUT2D eigenvalue weighted by Gasteiger charge is 2.38. The van der Waals surface area contributed by atoms with Gasteiger partial charge in [0.05, 0.1) is 6.07 Å². The van der Waals surface area contributed by atoms with E-state index >= 15 is 0 Å². The first-order chi connectivity index (χ1) is 17.4. The van der Waals surface area contributed by atoms with E-state index in [0.717, 1.165) is 10.5 Å². The number of aromatic hydroxyl groups is 1. The molecule has 3 unspecified atom stereocenters. The predicted molar refractivity (Wildman–Crippen MR) is 141 cm³/mol. The standard InChI is InChI=1S/C28H36N4O5/c1-7-18(2)23(31-27(36)37-28(4,5)6)26(35)32(17-16-29)24(20-12-14-21(33)15-13-20)25(34)30-22-11-9-8-10-19(22)3/h8-15,18,23-24,33H,7,17H2,1-6H3,(H,30,34)(H,31,36). The first-order valence-corrected chi connectivity index (χ1v) is 12.2. The minimum absolute atomic E-state index is 0.0101. The van der Waals surface area contributed by atoms with Gasteiger partial charge in [-0.1, -0.05) is 50.6 Å². The third kappa shape index (κ3) is 8.24. The largest absolute Gasteiger partial charge is 0.508 e. The van der Waals surface area contributed by atoms with Gasteiger partial charge in [0.2, 0.25) is 5.91 Å². The van der Waals surface area contributed by atoms with E-state index in [1.54, 1.807) is 39.8 Å². The number of phenolic OH excluding ortho intramolecular Hbond substituents is 1. The molecule has 9 nitrogen and oxygen atoms in total. The summed E-state index contributed by atoms with van der Waals surface area (Å²) < 4.78 is 5.36. The van der Waals surface area contributed by atoms with Crippen molar-refractivity contribution in [1.29, 1.82) is 5.26 Å². The second kappa shape index (κ2) is 12.8. The van der Waals surface area contributed by atoms with Gasteiger partial charge >= 0.3 is 6.09 Å². The highest BCUT2D eigenvalue weighted by Crippen LogP contribution is 2.27. The first kappa shape index (κ1) is 29.2. The van der Waals surface area contributed by atoms with Crippen LogP contribution in [-0.4, -0.2) is 46.1 Å². The summed E-state index contributed by atoms with van der Waals surface area (Å²) in [7, 11) is 0.